The summed E-state index contributed by atoms with van der Waals surface area (Å²) in [6.07, 6.45) is 1.63. The number of sulfonamides is 1. The van der Waals surface area contributed by atoms with Gasteiger partial charge in [0.25, 0.3) is 5.91 Å². The van der Waals surface area contributed by atoms with Crippen LogP contribution in [0.5, 0.6) is 17.2 Å². The van der Waals surface area contributed by atoms with E-state index in [2.05, 4.69) is 5.32 Å². The molecule has 0 radical (unpaired) electrons. The number of hydrogen-bond acceptors (Lipinski definition) is 6. The van der Waals surface area contributed by atoms with Crippen molar-refractivity contribution in [1.29, 1.82) is 0 Å². The van der Waals surface area contributed by atoms with Gasteiger partial charge in [0.15, 0.2) is 11.5 Å². The number of hydrogen-bond donors (Lipinski definition) is 1. The predicted molar refractivity (Wildman–Crippen MR) is 136 cm³/mol. The molecule has 0 spiro atoms. The highest BCUT2D eigenvalue weighted by Gasteiger charge is 2.21. The van der Waals surface area contributed by atoms with E-state index in [1.807, 2.05) is 12.1 Å². The van der Waals surface area contributed by atoms with E-state index in [9.17, 15) is 17.6 Å². The smallest absolute Gasteiger partial charge is 0.251 e. The van der Waals surface area contributed by atoms with Crippen LogP contribution in [0, 0.1) is 5.82 Å². The number of nitrogens with one attached hydrogen (secondary N) is 1. The number of halogens is 1. The molecule has 10 heteroatoms. The third-order valence-electron chi connectivity index (χ3n) is 5.52. The zero-order valence-electron chi connectivity index (χ0n) is 20.6. The van der Waals surface area contributed by atoms with Crippen molar-refractivity contribution in [1.82, 2.24) is 5.32 Å². The summed E-state index contributed by atoms with van der Waals surface area (Å²) in [7, 11) is 0.882. The van der Waals surface area contributed by atoms with E-state index in [0.717, 1.165) is 16.1 Å². The summed E-state index contributed by atoms with van der Waals surface area (Å²) in [5, 5.41) is 2.87. The van der Waals surface area contributed by atoms with Crippen LogP contribution in [-0.4, -0.2) is 48.5 Å². The molecule has 3 rings (SSSR count). The second-order valence-corrected chi connectivity index (χ2v) is 9.87. The van der Waals surface area contributed by atoms with E-state index < -0.39 is 15.8 Å². The van der Waals surface area contributed by atoms with E-state index in [-0.39, 0.29) is 12.5 Å². The molecular weight excluding hydrogens is 487 g/mol. The molecule has 0 unspecified atom stereocenters. The van der Waals surface area contributed by atoms with E-state index in [4.69, 9.17) is 14.2 Å². The number of methoxy groups -OCH3 is 3. The van der Waals surface area contributed by atoms with Crippen LogP contribution in [0.3, 0.4) is 0 Å². The summed E-state index contributed by atoms with van der Waals surface area (Å²) in [6, 6.07) is 15.5. The van der Waals surface area contributed by atoms with Gasteiger partial charge in [-0.05, 0) is 66.6 Å². The first-order chi connectivity index (χ1) is 17.2. The van der Waals surface area contributed by atoms with Gasteiger partial charge in [0, 0.05) is 17.7 Å². The predicted octanol–water partition coefficient (Wildman–Crippen LogP) is 3.79. The Bertz CT molecular complexity index is 1310. The Hall–Kier alpha value is -3.79. The molecule has 0 atom stereocenters. The maximum Gasteiger partial charge on any atom is 0.251 e. The Labute approximate surface area is 210 Å². The molecule has 8 nitrogen and oxygen atoms in total. The number of carbonyl (C=O) groups excluding carboxylic acids is 1. The Balaban J connectivity index is 1.76. The van der Waals surface area contributed by atoms with Crippen LogP contribution in [-0.2, 0) is 23.0 Å². The molecule has 3 aromatic rings. The van der Waals surface area contributed by atoms with E-state index in [0.29, 0.717) is 47.0 Å². The minimum atomic E-state index is -3.71. The van der Waals surface area contributed by atoms with Crippen LogP contribution in [0.15, 0.2) is 60.7 Å². The number of amides is 1. The molecule has 0 aliphatic carbocycles. The highest BCUT2D eigenvalue weighted by Crippen LogP contribution is 2.28. The van der Waals surface area contributed by atoms with Gasteiger partial charge in [-0.1, -0.05) is 6.07 Å². The first-order valence-electron chi connectivity index (χ1n) is 11.1. The number of ether oxygens (including phenoxy) is 3. The second-order valence-electron chi connectivity index (χ2n) is 7.97. The SMILES string of the molecule is COc1ccc(C(=O)NCCc2ccc(OC)c(OC)c2)cc1CN(c1ccc(F)cc1)S(C)(=O)=O. The molecule has 1 amide bonds. The monoisotopic (exact) mass is 516 g/mol. The van der Waals surface area contributed by atoms with Gasteiger partial charge in [0.1, 0.15) is 11.6 Å². The first kappa shape index (κ1) is 26.8. The lowest BCUT2D eigenvalue weighted by atomic mass is 10.1. The van der Waals surface area contributed by atoms with Crippen LogP contribution in [0.2, 0.25) is 0 Å². The minimum absolute atomic E-state index is 0.0968. The van der Waals surface area contributed by atoms with Crippen molar-refractivity contribution in [3.8, 4) is 17.2 Å². The maximum absolute atomic E-state index is 13.4. The van der Waals surface area contributed by atoms with Crippen molar-refractivity contribution < 1.29 is 31.8 Å². The highest BCUT2D eigenvalue weighted by atomic mass is 32.2. The molecule has 0 aromatic heterocycles. The van der Waals surface area contributed by atoms with Gasteiger partial charge in [-0.2, -0.15) is 0 Å². The van der Waals surface area contributed by atoms with Crippen LogP contribution in [0.4, 0.5) is 10.1 Å². The zero-order chi connectivity index (χ0) is 26.3. The lowest BCUT2D eigenvalue weighted by Crippen LogP contribution is -2.30. The number of carbonyl (C=O) groups is 1. The standard InChI is InChI=1S/C26H29FN2O6S/c1-33-23-12-6-19(26(30)28-14-13-18-5-11-24(34-2)25(15-18)35-3)16-20(23)17-29(36(4,31)32)22-9-7-21(27)8-10-22/h5-12,15-16H,13-14,17H2,1-4H3,(H,28,30). The summed E-state index contributed by atoms with van der Waals surface area (Å²) in [5.74, 6) is 0.869. The molecule has 3 aromatic carbocycles. The minimum Gasteiger partial charge on any atom is -0.496 e. The fourth-order valence-electron chi connectivity index (χ4n) is 3.66. The molecule has 0 aliphatic heterocycles. The average Bonchev–Trinajstić information content (AvgIpc) is 2.86. The quantitative estimate of drug-likeness (QED) is 0.417. The Kier molecular flexibility index (Phi) is 8.76. The zero-order valence-corrected chi connectivity index (χ0v) is 21.4. The van der Waals surface area contributed by atoms with Crippen molar-refractivity contribution in [2.45, 2.75) is 13.0 Å². The van der Waals surface area contributed by atoms with Gasteiger partial charge in [0.2, 0.25) is 10.0 Å². The topological polar surface area (TPSA) is 94.2 Å². The van der Waals surface area contributed by atoms with E-state index >= 15 is 0 Å². The van der Waals surface area contributed by atoms with E-state index in [1.165, 1.54) is 31.4 Å². The number of anilines is 1. The second kappa shape index (κ2) is 11.8. The lowest BCUT2D eigenvalue weighted by molar-refractivity contribution is 0.0954. The van der Waals surface area contributed by atoms with Crippen molar-refractivity contribution in [3.05, 3.63) is 83.2 Å². The molecule has 0 saturated carbocycles. The normalized spacial score (nSPS) is 11.0. The fourth-order valence-corrected chi connectivity index (χ4v) is 4.54. The van der Waals surface area contributed by atoms with Gasteiger partial charge in [-0.3, -0.25) is 9.10 Å². The summed E-state index contributed by atoms with van der Waals surface area (Å²) in [5.41, 5.74) is 2.10. The number of rotatable bonds is 11. The Morgan fingerprint density at radius 3 is 2.14 bits per heavy atom. The molecule has 0 aliphatic rings. The molecule has 0 heterocycles. The van der Waals surface area contributed by atoms with Crippen molar-refractivity contribution in [3.63, 3.8) is 0 Å². The van der Waals surface area contributed by atoms with Crippen molar-refractivity contribution in [2.24, 2.45) is 0 Å². The van der Waals surface area contributed by atoms with Crippen molar-refractivity contribution >= 4 is 21.6 Å². The molecule has 0 saturated heterocycles. The molecule has 36 heavy (non-hydrogen) atoms. The summed E-state index contributed by atoms with van der Waals surface area (Å²) < 4.78 is 55.4. The third-order valence-corrected chi connectivity index (χ3v) is 6.66. The summed E-state index contributed by atoms with van der Waals surface area (Å²) in [6.45, 7) is 0.279. The molecule has 1 N–H and O–H groups in total. The Morgan fingerprint density at radius 2 is 1.53 bits per heavy atom. The molecule has 0 bridgehead atoms. The molecular formula is C26H29FN2O6S. The van der Waals surface area contributed by atoms with Crippen LogP contribution in [0.1, 0.15) is 21.5 Å². The molecule has 0 fully saturated rings. The van der Waals surface area contributed by atoms with Gasteiger partial charge in [0.05, 0.1) is 39.8 Å². The van der Waals surface area contributed by atoms with Gasteiger partial charge >= 0.3 is 0 Å². The summed E-state index contributed by atoms with van der Waals surface area (Å²) in [4.78, 5) is 12.8. The number of benzene rings is 3. The maximum atomic E-state index is 13.4. The van der Waals surface area contributed by atoms with Gasteiger partial charge in [-0.15, -0.1) is 0 Å². The summed E-state index contributed by atoms with van der Waals surface area (Å²) >= 11 is 0. The number of nitrogens with zero attached hydrogens (tertiary/aromatic N) is 1. The van der Waals surface area contributed by atoms with Crippen molar-refractivity contribution in [2.75, 3.05) is 38.4 Å². The van der Waals surface area contributed by atoms with E-state index in [1.54, 1.807) is 38.5 Å². The van der Waals surface area contributed by atoms with Crippen LogP contribution < -0.4 is 23.8 Å². The average molecular weight is 517 g/mol. The lowest BCUT2D eigenvalue weighted by Gasteiger charge is -2.24. The van der Waals surface area contributed by atoms with Crippen LogP contribution in [0.25, 0.3) is 0 Å². The van der Waals surface area contributed by atoms with Gasteiger partial charge < -0.3 is 19.5 Å². The first-order valence-corrected chi connectivity index (χ1v) is 12.9. The molecule has 192 valence electrons. The largest absolute Gasteiger partial charge is 0.496 e. The van der Waals surface area contributed by atoms with Crippen LogP contribution >= 0.6 is 0 Å². The highest BCUT2D eigenvalue weighted by molar-refractivity contribution is 7.92. The van der Waals surface area contributed by atoms with Gasteiger partial charge in [-0.25, -0.2) is 12.8 Å². The third kappa shape index (κ3) is 6.66. The Morgan fingerprint density at radius 1 is 0.889 bits per heavy atom. The fraction of sp³-hybridized carbons (Fsp3) is 0.269.